The van der Waals surface area contributed by atoms with Crippen molar-refractivity contribution in [1.29, 1.82) is 0 Å². The van der Waals surface area contributed by atoms with E-state index in [2.05, 4.69) is 0 Å². The Morgan fingerprint density at radius 2 is 0.129 bits per heavy atom. The summed E-state index contributed by atoms with van der Waals surface area (Å²) in [6.07, 6.45) is -37.9. The van der Waals surface area contributed by atoms with Gasteiger partial charge in [-0.2, -0.15) is 0 Å². The first-order valence-corrected chi connectivity index (χ1v) is 12.9. The molecule has 35 N–H and O–H groups in total. The Bertz CT molecular complexity index is 1070. The van der Waals surface area contributed by atoms with E-state index in [4.69, 9.17) is 300 Å². The maximum atomic E-state index is 8.56. The van der Waals surface area contributed by atoms with Crippen molar-refractivity contribution in [1.82, 2.24) is 0 Å². The van der Waals surface area contributed by atoms with E-state index in [1.165, 1.54) is 0 Å². The second kappa shape index (κ2) is 158. The minimum absolute atomic E-state index is 0. The Hall–Kier alpha value is -9.60. The van der Waals surface area contributed by atoms with Crippen LogP contribution in [0.15, 0.2) is 0 Å². The fraction of sp³-hybridized carbons (Fsp3) is 0. The monoisotopic (exact) mass is 1350 g/mol. The molecule has 60 nitrogen and oxygen atoms in total. The van der Waals surface area contributed by atoms with E-state index in [1.54, 1.807) is 0 Å². The van der Waals surface area contributed by atoms with Crippen LogP contribution in [0.2, 0.25) is 0 Å². The number of hydrogen-bond donors (Lipinski definition) is 35. The van der Waals surface area contributed by atoms with Gasteiger partial charge in [0.25, 0.3) is 0 Å². The van der Waals surface area contributed by atoms with Gasteiger partial charge in [-0.3, -0.25) is 0 Å². The molecule has 85 heavy (non-hydrogen) atoms. The topological polar surface area (TPSA) is 1160 Å². The van der Waals surface area contributed by atoms with Gasteiger partial charge in [-0.05, 0) is 12.3 Å². The van der Waals surface area contributed by atoms with Gasteiger partial charge in [0.1, 0.15) is 0 Å². The molecule has 0 spiro atoms. The third kappa shape index (κ3) is 4230. The van der Waals surface area contributed by atoms with Crippen LogP contribution in [0, 0.1) is 0 Å². The molecule has 0 aromatic rings. The van der Waals surface area contributed by atoms with Crippen molar-refractivity contribution in [3.63, 3.8) is 0 Å². The van der Waals surface area contributed by atoms with Gasteiger partial charge in [0, 0.05) is 0 Å². The van der Waals surface area contributed by atoms with Crippen molar-refractivity contribution in [2.24, 2.45) is 0 Å². The fourth-order valence-electron chi connectivity index (χ4n) is 0. The normalized spacial score (nSPS) is 5.65. The van der Waals surface area contributed by atoms with E-state index >= 15 is 0 Å². The third-order valence-corrected chi connectivity index (χ3v) is 0. The van der Waals surface area contributed by atoms with Crippen molar-refractivity contribution in [3.8, 4) is 0 Å². The molecule has 65 heteroatoms. The number of carbonyl (C=O) groups is 20. The van der Waals surface area contributed by atoms with Gasteiger partial charge in [0.05, 0.1) is 0 Å². The first-order valence-electron chi connectivity index (χ1n) is 12.9. The van der Waals surface area contributed by atoms with Gasteiger partial charge >= 0.3 is 252 Å². The molecular formula is C20H35Na5O60. The number of rotatable bonds is 0. The average Bonchev–Trinajstić information content (AvgIpc) is 2.99. The smallest absolute Gasteiger partial charge is 0.652 e. The zero-order valence-corrected chi connectivity index (χ0v) is 50.9. The number of carboxylic acid groups (broad SMARTS) is 40. The molecule has 0 atom stereocenters. The van der Waals surface area contributed by atoms with Gasteiger partial charge in [-0.25, -0.2) is 81.5 Å². The molecule has 0 heterocycles. The number of hydrogen-bond acceptors (Lipinski definition) is 25. The maximum absolute atomic E-state index is 8.56. The summed E-state index contributed by atoms with van der Waals surface area (Å²) in [7, 11) is 0. The van der Waals surface area contributed by atoms with E-state index in [0.29, 0.717) is 0 Å². The Kier molecular flexibility index (Phi) is 305. The van der Waals surface area contributed by atoms with Crippen LogP contribution in [-0.2, 0) is 0 Å². The summed E-state index contributed by atoms with van der Waals surface area (Å²) in [5.74, 6) is 0. The quantitative estimate of drug-likeness (QED) is 0.100. The van der Waals surface area contributed by atoms with Crippen LogP contribution in [-0.4, -0.2) is 302 Å². The van der Waals surface area contributed by atoms with Crippen LogP contribution in [0.4, 0.5) is 95.9 Å². The maximum Gasteiger partial charge on any atom is 1.00 e. The Labute approximate surface area is 566 Å². The molecule has 0 aromatic carbocycles. The zero-order valence-electron chi connectivity index (χ0n) is 40.9. The number of carbonyl (C=O) groups excluding carboxylic acids is 2. The molecule has 0 rings (SSSR count). The Morgan fingerprint density at radius 3 is 0.129 bits per heavy atom. The summed E-state index contributed by atoms with van der Waals surface area (Å²) in [5.41, 5.74) is 0. The predicted octanol–water partition coefficient (Wildman–Crippen LogP) is -17.2. The first-order chi connectivity index (χ1) is 34.6. The van der Waals surface area contributed by atoms with Gasteiger partial charge in [-0.15, -0.1) is 0 Å². The van der Waals surface area contributed by atoms with Crippen LogP contribution < -0.4 is 173 Å². The van der Waals surface area contributed by atoms with E-state index in [1.807, 2.05) is 0 Å². The van der Waals surface area contributed by atoms with Crippen LogP contribution >= 0.6 is 0 Å². The van der Waals surface area contributed by atoms with Crippen LogP contribution in [0.1, 0.15) is 0 Å². The minimum Gasteiger partial charge on any atom is -0.652 e. The van der Waals surface area contributed by atoms with Gasteiger partial charge in [-0.1, -0.05) is 0 Å². The van der Waals surface area contributed by atoms with Crippen molar-refractivity contribution in [3.05, 3.63) is 0 Å². The van der Waals surface area contributed by atoms with Crippen molar-refractivity contribution < 1.29 is 448 Å². The molecule has 0 aliphatic rings. The van der Waals surface area contributed by atoms with Gasteiger partial charge in [0.2, 0.25) is 6.16 Å². The molecule has 0 saturated heterocycles. The standard InChI is InChI=1S/20CH2O3.5Na/c20*2-1(3)4;;;;;/h20*(H2,2,3,4);;;;;/q;;;;;;;;;;;;;;;;;;;;5*+1/p-5. The SMILES string of the molecule is O=C(O)O.O=C(O)O.O=C(O)O.O=C(O)O.O=C(O)O.O=C(O)O.O=C(O)O.O=C(O)O.O=C(O)O.O=C(O)O.O=C(O)O.O=C(O)O.O=C(O)O.O=C(O)O.O=C(O)O.O=C(O)O.O=C(O)O.O=C([O-])O.O=C([O-])[O-].O=C([O-])[O-].[Na+].[Na+].[Na+].[Na+].[Na+]. The molecule has 0 saturated carbocycles. The largest absolute Gasteiger partial charge is 1.00 e. The van der Waals surface area contributed by atoms with Crippen LogP contribution in [0.25, 0.3) is 0 Å². The fourth-order valence-corrected chi connectivity index (χ4v) is 0. The average molecular weight is 1350 g/mol. The zero-order chi connectivity index (χ0) is 71.5. The summed E-state index contributed by atoms with van der Waals surface area (Å²) in [6.45, 7) is 0. The molecule has 0 amide bonds. The van der Waals surface area contributed by atoms with Gasteiger partial charge < -0.3 is 219 Å². The summed E-state index contributed by atoms with van der Waals surface area (Å²) >= 11 is 0. The van der Waals surface area contributed by atoms with E-state index < -0.39 is 123 Å². The third-order valence-electron chi connectivity index (χ3n) is 0. The molecule has 0 unspecified atom stereocenters. The van der Waals surface area contributed by atoms with Crippen LogP contribution in [0.3, 0.4) is 0 Å². The molecule has 0 aromatic heterocycles. The van der Waals surface area contributed by atoms with Crippen molar-refractivity contribution >= 4 is 123 Å². The molecule has 480 valence electrons. The minimum atomic E-state index is -2.33. The predicted molar refractivity (Wildman–Crippen MR) is 200 cm³/mol. The van der Waals surface area contributed by atoms with Gasteiger partial charge in [0.15, 0.2) is 0 Å². The van der Waals surface area contributed by atoms with Crippen LogP contribution in [0.5, 0.6) is 0 Å². The Balaban J connectivity index is -0.0000000193. The van der Waals surface area contributed by atoms with Crippen molar-refractivity contribution in [2.45, 2.75) is 0 Å². The van der Waals surface area contributed by atoms with E-state index in [-0.39, 0.29) is 148 Å². The molecular weight excluding hydrogens is 1320 g/mol. The first kappa shape index (κ1) is 164. The summed E-state index contributed by atoms with van der Waals surface area (Å²) in [6, 6.07) is 0. The molecule has 0 radical (unpaired) electrons. The van der Waals surface area contributed by atoms with E-state index in [9.17, 15) is 0 Å². The molecule has 0 aliphatic heterocycles. The summed E-state index contributed by atoms with van der Waals surface area (Å²) < 4.78 is 0. The summed E-state index contributed by atoms with van der Waals surface area (Å²) in [5, 5.41) is 286. The molecule has 0 fully saturated rings. The second-order valence-electron chi connectivity index (χ2n) is 5.57. The molecule has 0 bridgehead atoms. The van der Waals surface area contributed by atoms with E-state index in [0.717, 1.165) is 0 Å². The second-order valence-corrected chi connectivity index (χ2v) is 5.57. The van der Waals surface area contributed by atoms with Crippen molar-refractivity contribution in [2.75, 3.05) is 0 Å². The molecule has 0 aliphatic carbocycles. The Morgan fingerprint density at radius 1 is 0.129 bits per heavy atom. The summed E-state index contributed by atoms with van der Waals surface area (Å²) in [4.78, 5) is 171.